The second-order valence-electron chi connectivity index (χ2n) is 5.79. The summed E-state index contributed by atoms with van der Waals surface area (Å²) < 4.78 is 33.7. The van der Waals surface area contributed by atoms with Gasteiger partial charge in [-0.3, -0.25) is 10.1 Å². The van der Waals surface area contributed by atoms with Crippen molar-refractivity contribution in [2.45, 2.75) is 31.5 Å². The number of nitrogens with one attached hydrogen (secondary N) is 1. The summed E-state index contributed by atoms with van der Waals surface area (Å²) in [6.07, 6.45) is 1.18. The number of benzene rings is 2. The van der Waals surface area contributed by atoms with Crippen molar-refractivity contribution < 1.29 is 18.3 Å². The molecule has 2 aromatic carbocycles. The molecule has 0 spiro atoms. The molecule has 4 nitrogen and oxygen atoms in total. The zero-order valence-electron chi connectivity index (χ0n) is 13.0. The predicted octanol–water partition coefficient (Wildman–Crippen LogP) is 2.82. The first kappa shape index (κ1) is 16.4. The lowest BCUT2D eigenvalue weighted by molar-refractivity contribution is -0.119. The minimum atomic E-state index is -0.503. The van der Waals surface area contributed by atoms with Crippen molar-refractivity contribution in [2.24, 2.45) is 5.73 Å². The van der Waals surface area contributed by atoms with Gasteiger partial charge < -0.3 is 10.5 Å². The number of halogens is 2. The molecule has 24 heavy (non-hydrogen) atoms. The first-order valence-electron chi connectivity index (χ1n) is 7.76. The third-order valence-electron chi connectivity index (χ3n) is 4.20. The smallest absolute Gasteiger partial charge is 0.234 e. The van der Waals surface area contributed by atoms with Gasteiger partial charge >= 0.3 is 0 Å². The lowest BCUT2D eigenvalue weighted by Gasteiger charge is -2.16. The van der Waals surface area contributed by atoms with Crippen molar-refractivity contribution in [3.8, 4) is 5.75 Å². The highest BCUT2D eigenvalue weighted by Gasteiger charge is 2.30. The number of rotatable bonds is 5. The molecule has 0 bridgehead atoms. The average Bonchev–Trinajstić information content (AvgIpc) is 3.05. The quantitative estimate of drug-likeness (QED) is 0.885. The van der Waals surface area contributed by atoms with E-state index in [1.807, 2.05) is 0 Å². The van der Waals surface area contributed by atoms with Gasteiger partial charge in [0.05, 0.1) is 6.04 Å². The highest BCUT2D eigenvalue weighted by molar-refractivity contribution is 5.80. The summed E-state index contributed by atoms with van der Waals surface area (Å²) in [4.78, 5) is 11.2. The van der Waals surface area contributed by atoms with Crippen LogP contribution >= 0.6 is 0 Å². The number of nitrogens with two attached hydrogens (primary N) is 1. The Morgan fingerprint density at radius 2 is 1.96 bits per heavy atom. The second-order valence-corrected chi connectivity index (χ2v) is 5.79. The molecule has 0 saturated carbocycles. The number of hydrogen-bond acceptors (Lipinski definition) is 3. The van der Waals surface area contributed by atoms with Gasteiger partial charge in [-0.2, -0.15) is 0 Å². The number of ether oxygens (including phenoxy) is 1. The van der Waals surface area contributed by atoms with Crippen molar-refractivity contribution in [3.05, 3.63) is 65.2 Å². The molecule has 6 heteroatoms. The molecule has 0 aliphatic carbocycles. The van der Waals surface area contributed by atoms with Crippen LogP contribution in [0.5, 0.6) is 5.75 Å². The molecular formula is C18H18F2N2O2. The van der Waals surface area contributed by atoms with E-state index in [-0.39, 0.29) is 18.4 Å². The number of carbonyl (C=O) groups is 1. The summed E-state index contributed by atoms with van der Waals surface area (Å²) in [5.41, 5.74) is 6.05. The van der Waals surface area contributed by atoms with Crippen molar-refractivity contribution in [3.63, 3.8) is 0 Å². The van der Waals surface area contributed by atoms with E-state index in [0.717, 1.165) is 0 Å². The van der Waals surface area contributed by atoms with E-state index >= 15 is 0 Å². The minimum Gasteiger partial charge on any atom is -0.486 e. The molecule has 1 heterocycles. The Morgan fingerprint density at radius 1 is 1.17 bits per heavy atom. The third-order valence-corrected chi connectivity index (χ3v) is 4.20. The molecule has 0 aromatic heterocycles. The van der Waals surface area contributed by atoms with Crippen LogP contribution in [-0.2, 0) is 11.4 Å². The average molecular weight is 332 g/mol. The van der Waals surface area contributed by atoms with Gasteiger partial charge in [-0.1, -0.05) is 30.3 Å². The molecular weight excluding hydrogens is 314 g/mol. The van der Waals surface area contributed by atoms with Crippen molar-refractivity contribution in [1.82, 2.24) is 5.32 Å². The number of primary amides is 1. The number of carbonyl (C=O) groups excluding carboxylic acids is 1. The fourth-order valence-corrected chi connectivity index (χ4v) is 2.89. The Hall–Kier alpha value is -2.47. The van der Waals surface area contributed by atoms with E-state index in [0.29, 0.717) is 24.0 Å². The maximum absolute atomic E-state index is 14.7. The monoisotopic (exact) mass is 332 g/mol. The molecule has 1 saturated heterocycles. The summed E-state index contributed by atoms with van der Waals surface area (Å²) in [7, 11) is 0. The van der Waals surface area contributed by atoms with Crippen molar-refractivity contribution in [1.29, 1.82) is 0 Å². The van der Waals surface area contributed by atoms with Gasteiger partial charge in [-0.15, -0.1) is 0 Å². The van der Waals surface area contributed by atoms with Crippen molar-refractivity contribution >= 4 is 5.91 Å². The van der Waals surface area contributed by atoms with E-state index in [2.05, 4.69) is 5.32 Å². The van der Waals surface area contributed by atoms with Crippen LogP contribution in [0.4, 0.5) is 8.78 Å². The largest absolute Gasteiger partial charge is 0.486 e. The summed E-state index contributed by atoms with van der Waals surface area (Å²) in [5.74, 6) is -1.28. The zero-order chi connectivity index (χ0) is 17.1. The van der Waals surface area contributed by atoms with Crippen LogP contribution in [0.1, 0.15) is 30.0 Å². The second kappa shape index (κ2) is 6.97. The number of amides is 1. The topological polar surface area (TPSA) is 64.4 Å². The molecule has 2 atom stereocenters. The molecule has 1 amide bonds. The van der Waals surface area contributed by atoms with Gasteiger partial charge in [0.15, 0.2) is 11.6 Å². The van der Waals surface area contributed by atoms with Crippen LogP contribution < -0.4 is 15.8 Å². The highest BCUT2D eigenvalue weighted by Crippen LogP contribution is 2.32. The van der Waals surface area contributed by atoms with Gasteiger partial charge in [0.2, 0.25) is 5.91 Å². The Morgan fingerprint density at radius 3 is 2.67 bits per heavy atom. The Kier molecular flexibility index (Phi) is 4.76. The normalized spacial score (nSPS) is 20.1. The van der Waals surface area contributed by atoms with E-state index in [1.54, 1.807) is 30.3 Å². The lowest BCUT2D eigenvalue weighted by atomic mass is 10.0. The van der Waals surface area contributed by atoms with E-state index < -0.39 is 23.6 Å². The van der Waals surface area contributed by atoms with Crippen LogP contribution in [0.25, 0.3) is 0 Å². The van der Waals surface area contributed by atoms with E-state index in [4.69, 9.17) is 10.5 Å². The first-order chi connectivity index (χ1) is 11.6. The number of hydrogen-bond donors (Lipinski definition) is 2. The molecule has 1 fully saturated rings. The van der Waals surface area contributed by atoms with Gasteiger partial charge in [0.25, 0.3) is 0 Å². The Balaban J connectivity index is 1.74. The maximum atomic E-state index is 14.7. The fraction of sp³-hybridized carbons (Fsp3) is 0.278. The van der Waals surface area contributed by atoms with Crippen LogP contribution in [0.15, 0.2) is 42.5 Å². The summed E-state index contributed by atoms with van der Waals surface area (Å²) in [6, 6.07) is 10.3. The fourth-order valence-electron chi connectivity index (χ4n) is 2.89. The van der Waals surface area contributed by atoms with Crippen LogP contribution in [0.2, 0.25) is 0 Å². The molecule has 1 aliphatic rings. The van der Waals surface area contributed by atoms with Crippen molar-refractivity contribution in [2.75, 3.05) is 0 Å². The summed E-state index contributed by atoms with van der Waals surface area (Å²) in [6.45, 7) is -0.0605. The van der Waals surface area contributed by atoms with E-state index in [1.165, 1.54) is 12.1 Å². The van der Waals surface area contributed by atoms with Gasteiger partial charge in [0.1, 0.15) is 12.4 Å². The van der Waals surface area contributed by atoms with Crippen LogP contribution in [-0.4, -0.2) is 11.9 Å². The zero-order valence-corrected chi connectivity index (χ0v) is 13.0. The summed E-state index contributed by atoms with van der Waals surface area (Å²) in [5, 5.41) is 3.03. The highest BCUT2D eigenvalue weighted by atomic mass is 19.1. The minimum absolute atomic E-state index is 0.0556. The van der Waals surface area contributed by atoms with Crippen LogP contribution in [0, 0.1) is 11.6 Å². The van der Waals surface area contributed by atoms with Crippen LogP contribution in [0.3, 0.4) is 0 Å². The lowest BCUT2D eigenvalue weighted by Crippen LogP contribution is -2.37. The molecule has 0 radical (unpaired) electrons. The standard InChI is InChI=1S/C18H18F2N2O2/c19-13-6-2-1-4-11(13)10-24-16-7-3-5-12(17(16)20)14-8-9-15(22-14)18(21)23/h1-7,14-15,22H,8-10H2,(H2,21,23)/t14-,15+/m1/s1. The molecule has 126 valence electrons. The molecule has 2 aromatic rings. The molecule has 1 aliphatic heterocycles. The predicted molar refractivity (Wildman–Crippen MR) is 85.2 cm³/mol. The molecule has 0 unspecified atom stereocenters. The SMILES string of the molecule is NC(=O)[C@@H]1CC[C@H](c2cccc(OCc3ccccc3F)c2F)N1. The third kappa shape index (κ3) is 3.38. The van der Waals surface area contributed by atoms with E-state index in [9.17, 15) is 13.6 Å². The maximum Gasteiger partial charge on any atom is 0.234 e. The Labute approximate surface area is 138 Å². The Bertz CT molecular complexity index is 752. The van der Waals surface area contributed by atoms with Gasteiger partial charge in [0, 0.05) is 17.2 Å². The summed E-state index contributed by atoms with van der Waals surface area (Å²) >= 11 is 0. The molecule has 3 rings (SSSR count). The molecule has 3 N–H and O–H groups in total. The van der Waals surface area contributed by atoms with Gasteiger partial charge in [-0.25, -0.2) is 8.78 Å². The van der Waals surface area contributed by atoms with Gasteiger partial charge in [-0.05, 0) is 25.0 Å². The first-order valence-corrected chi connectivity index (χ1v) is 7.76.